The van der Waals surface area contributed by atoms with E-state index in [0.717, 1.165) is 32.2 Å². The van der Waals surface area contributed by atoms with Crippen molar-refractivity contribution in [1.82, 2.24) is 10.2 Å². The summed E-state index contributed by atoms with van der Waals surface area (Å²) in [6.07, 6.45) is 4.93. The van der Waals surface area contributed by atoms with E-state index >= 15 is 0 Å². The molecule has 1 N–H and O–H groups in total. The van der Waals surface area contributed by atoms with Gasteiger partial charge in [-0.1, -0.05) is 27.7 Å². The summed E-state index contributed by atoms with van der Waals surface area (Å²) in [4.78, 5) is 2.67. The summed E-state index contributed by atoms with van der Waals surface area (Å²) >= 11 is 0. The van der Waals surface area contributed by atoms with E-state index in [-0.39, 0.29) is 0 Å². The summed E-state index contributed by atoms with van der Waals surface area (Å²) in [5.41, 5.74) is 0.428. The molecular formula is C17H36N2O. The summed E-state index contributed by atoms with van der Waals surface area (Å²) in [5.74, 6) is 0.731. The number of rotatable bonds is 10. The van der Waals surface area contributed by atoms with Crippen molar-refractivity contribution in [3.05, 3.63) is 0 Å². The zero-order valence-electron chi connectivity index (χ0n) is 14.2. The number of nitrogens with zero attached hydrogens (tertiary/aromatic N) is 1. The van der Waals surface area contributed by atoms with E-state index in [1.54, 1.807) is 0 Å². The van der Waals surface area contributed by atoms with E-state index in [1.165, 1.54) is 45.3 Å². The van der Waals surface area contributed by atoms with Crippen molar-refractivity contribution in [2.75, 3.05) is 45.9 Å². The Labute approximate surface area is 126 Å². The van der Waals surface area contributed by atoms with Gasteiger partial charge in [0.2, 0.25) is 0 Å². The van der Waals surface area contributed by atoms with Crippen molar-refractivity contribution in [3.8, 4) is 0 Å². The maximum Gasteiger partial charge on any atom is 0.0472 e. The summed E-state index contributed by atoms with van der Waals surface area (Å²) < 4.78 is 5.61. The molecule has 3 nitrogen and oxygen atoms in total. The lowest BCUT2D eigenvalue weighted by Gasteiger charge is -2.41. The smallest absolute Gasteiger partial charge is 0.0472 e. The second kappa shape index (κ2) is 9.75. The molecule has 0 spiro atoms. The first-order chi connectivity index (χ1) is 9.62. The summed E-state index contributed by atoms with van der Waals surface area (Å²) in [6.45, 7) is 17.0. The van der Waals surface area contributed by atoms with Crippen LogP contribution in [0.15, 0.2) is 0 Å². The molecule has 20 heavy (non-hydrogen) atoms. The van der Waals surface area contributed by atoms with Crippen molar-refractivity contribution in [2.45, 2.75) is 53.4 Å². The molecule has 0 aromatic heterocycles. The molecule has 1 aliphatic heterocycles. The Morgan fingerprint density at radius 3 is 2.20 bits per heavy atom. The maximum atomic E-state index is 5.61. The van der Waals surface area contributed by atoms with E-state index in [1.807, 2.05) is 0 Å². The van der Waals surface area contributed by atoms with Gasteiger partial charge < -0.3 is 15.0 Å². The first-order valence-corrected chi connectivity index (χ1v) is 8.62. The van der Waals surface area contributed by atoms with Gasteiger partial charge in [0.15, 0.2) is 0 Å². The zero-order valence-corrected chi connectivity index (χ0v) is 14.2. The highest BCUT2D eigenvalue weighted by Gasteiger charge is 2.33. The molecule has 1 saturated heterocycles. The quantitative estimate of drug-likeness (QED) is 0.667. The Kier molecular flexibility index (Phi) is 8.74. The molecule has 0 bridgehead atoms. The van der Waals surface area contributed by atoms with Gasteiger partial charge in [-0.15, -0.1) is 0 Å². The van der Waals surface area contributed by atoms with Crippen LogP contribution in [0.4, 0.5) is 0 Å². The normalized spacial score (nSPS) is 18.9. The van der Waals surface area contributed by atoms with E-state index in [4.69, 9.17) is 4.74 Å². The molecule has 0 radical (unpaired) electrons. The highest BCUT2D eigenvalue weighted by Crippen LogP contribution is 2.31. The maximum absolute atomic E-state index is 5.61. The minimum absolute atomic E-state index is 0.428. The van der Waals surface area contributed by atoms with Gasteiger partial charge in [-0.25, -0.2) is 0 Å². The van der Waals surface area contributed by atoms with Crippen LogP contribution in [0, 0.1) is 11.3 Å². The summed E-state index contributed by atoms with van der Waals surface area (Å²) in [7, 11) is 0. The first kappa shape index (κ1) is 17.9. The monoisotopic (exact) mass is 284 g/mol. The van der Waals surface area contributed by atoms with Gasteiger partial charge in [-0.05, 0) is 56.7 Å². The molecular weight excluding hydrogens is 248 g/mol. The van der Waals surface area contributed by atoms with Crippen LogP contribution in [0.5, 0.6) is 0 Å². The second-order valence-corrected chi connectivity index (χ2v) is 6.91. The van der Waals surface area contributed by atoms with Crippen LogP contribution < -0.4 is 5.32 Å². The molecule has 120 valence electrons. The largest absolute Gasteiger partial charge is 0.381 e. The second-order valence-electron chi connectivity index (χ2n) is 6.91. The lowest BCUT2D eigenvalue weighted by Crippen LogP contribution is -2.48. The van der Waals surface area contributed by atoms with Crippen LogP contribution >= 0.6 is 0 Å². The molecule has 1 fully saturated rings. The van der Waals surface area contributed by atoms with Crippen molar-refractivity contribution in [3.63, 3.8) is 0 Å². The first-order valence-electron chi connectivity index (χ1n) is 8.62. The number of ether oxygens (including phenoxy) is 1. The molecule has 0 saturated carbocycles. The minimum Gasteiger partial charge on any atom is -0.381 e. The fraction of sp³-hybridized carbons (Fsp3) is 1.00. The Hall–Kier alpha value is -0.120. The SMILES string of the molecule is CCCN(CCC)CC1(CNCC(C)C)CCOCC1. The van der Waals surface area contributed by atoms with Gasteiger partial charge in [0.25, 0.3) is 0 Å². The van der Waals surface area contributed by atoms with Gasteiger partial charge in [-0.2, -0.15) is 0 Å². The van der Waals surface area contributed by atoms with Gasteiger partial charge >= 0.3 is 0 Å². The van der Waals surface area contributed by atoms with E-state index in [2.05, 4.69) is 37.9 Å². The van der Waals surface area contributed by atoms with E-state index < -0.39 is 0 Å². The van der Waals surface area contributed by atoms with Crippen LogP contribution in [0.3, 0.4) is 0 Å². The average Bonchev–Trinajstić information content (AvgIpc) is 2.40. The molecule has 0 aromatic rings. The van der Waals surface area contributed by atoms with Gasteiger partial charge in [-0.3, -0.25) is 0 Å². The highest BCUT2D eigenvalue weighted by atomic mass is 16.5. The Balaban J connectivity index is 2.56. The highest BCUT2D eigenvalue weighted by molar-refractivity contribution is 4.87. The Bertz CT molecular complexity index is 231. The third-order valence-electron chi connectivity index (χ3n) is 4.24. The Morgan fingerprint density at radius 2 is 1.70 bits per heavy atom. The fourth-order valence-corrected chi connectivity index (χ4v) is 3.20. The van der Waals surface area contributed by atoms with Crippen molar-refractivity contribution in [2.24, 2.45) is 11.3 Å². The third-order valence-corrected chi connectivity index (χ3v) is 4.24. The fourth-order valence-electron chi connectivity index (χ4n) is 3.20. The number of nitrogens with one attached hydrogen (secondary N) is 1. The predicted octanol–water partition coefficient (Wildman–Crippen LogP) is 3.15. The van der Waals surface area contributed by atoms with Crippen LogP contribution in [-0.2, 0) is 4.74 Å². The topological polar surface area (TPSA) is 24.5 Å². The van der Waals surface area contributed by atoms with Crippen molar-refractivity contribution < 1.29 is 4.74 Å². The number of hydrogen-bond acceptors (Lipinski definition) is 3. The molecule has 0 aromatic carbocycles. The van der Waals surface area contributed by atoms with Crippen molar-refractivity contribution in [1.29, 1.82) is 0 Å². The van der Waals surface area contributed by atoms with Crippen molar-refractivity contribution >= 4 is 0 Å². The van der Waals surface area contributed by atoms with Crippen LogP contribution in [-0.4, -0.2) is 50.8 Å². The third kappa shape index (κ3) is 6.55. The van der Waals surface area contributed by atoms with E-state index in [0.29, 0.717) is 5.41 Å². The molecule has 1 heterocycles. The van der Waals surface area contributed by atoms with Gasteiger partial charge in [0, 0.05) is 26.3 Å². The molecule has 3 heteroatoms. The molecule has 0 unspecified atom stereocenters. The molecule has 1 aliphatic rings. The van der Waals surface area contributed by atoms with E-state index in [9.17, 15) is 0 Å². The summed E-state index contributed by atoms with van der Waals surface area (Å²) in [5, 5.41) is 3.70. The summed E-state index contributed by atoms with van der Waals surface area (Å²) in [6, 6.07) is 0. The lowest BCUT2D eigenvalue weighted by molar-refractivity contribution is -0.00463. The minimum atomic E-state index is 0.428. The average molecular weight is 284 g/mol. The van der Waals surface area contributed by atoms with Crippen LogP contribution in [0.1, 0.15) is 53.4 Å². The number of hydrogen-bond donors (Lipinski definition) is 1. The lowest BCUT2D eigenvalue weighted by atomic mass is 9.79. The van der Waals surface area contributed by atoms with Crippen LogP contribution in [0.25, 0.3) is 0 Å². The standard InChI is InChI=1S/C17H36N2O/c1-5-9-19(10-6-2)15-17(7-11-20-12-8-17)14-18-13-16(3)4/h16,18H,5-15H2,1-4H3. The molecule has 0 amide bonds. The zero-order chi connectivity index (χ0) is 14.8. The molecule has 0 aliphatic carbocycles. The molecule has 0 atom stereocenters. The predicted molar refractivity (Wildman–Crippen MR) is 87.2 cm³/mol. The van der Waals surface area contributed by atoms with Gasteiger partial charge in [0.1, 0.15) is 0 Å². The van der Waals surface area contributed by atoms with Crippen LogP contribution in [0.2, 0.25) is 0 Å². The Morgan fingerprint density at radius 1 is 1.10 bits per heavy atom. The molecule has 1 rings (SSSR count). The van der Waals surface area contributed by atoms with Gasteiger partial charge in [0.05, 0.1) is 0 Å².